The Labute approximate surface area is 116 Å². The zero-order valence-electron chi connectivity index (χ0n) is 10.3. The van der Waals surface area contributed by atoms with Gasteiger partial charge in [0.05, 0.1) is 22.2 Å². The summed E-state index contributed by atoms with van der Waals surface area (Å²) in [5.41, 5.74) is -1.22. The molecule has 0 spiro atoms. The van der Waals surface area contributed by atoms with E-state index in [2.05, 4.69) is 5.32 Å². The Morgan fingerprint density at radius 1 is 1.14 bits per heavy atom. The molecule has 21 heavy (non-hydrogen) atoms. The molecule has 2 aromatic rings. The van der Waals surface area contributed by atoms with E-state index in [1.54, 1.807) is 0 Å². The van der Waals surface area contributed by atoms with Crippen LogP contribution < -0.4 is 5.32 Å². The summed E-state index contributed by atoms with van der Waals surface area (Å²) in [5.74, 6) is -3.29. The van der Waals surface area contributed by atoms with E-state index < -0.39 is 33.7 Å². The first-order chi connectivity index (χ1) is 9.88. The fourth-order valence-electron chi connectivity index (χ4n) is 1.60. The second-order valence-electron chi connectivity index (χ2n) is 4.04. The molecule has 108 valence electrons. The van der Waals surface area contributed by atoms with Gasteiger partial charge in [-0.2, -0.15) is 0 Å². The average molecular weight is 294 g/mol. The van der Waals surface area contributed by atoms with Crippen molar-refractivity contribution < 1.29 is 23.6 Å². The van der Waals surface area contributed by atoms with E-state index in [1.165, 1.54) is 0 Å². The van der Waals surface area contributed by atoms with Crippen LogP contribution in [0.2, 0.25) is 0 Å². The number of hydrogen-bond donors (Lipinski definition) is 2. The number of anilines is 1. The van der Waals surface area contributed by atoms with Crippen LogP contribution in [-0.2, 0) is 0 Å². The topological polar surface area (TPSA) is 92.5 Å². The van der Waals surface area contributed by atoms with Crippen LogP contribution in [0.15, 0.2) is 36.4 Å². The molecule has 0 saturated heterocycles. The highest BCUT2D eigenvalue weighted by Crippen LogP contribution is 2.21. The summed E-state index contributed by atoms with van der Waals surface area (Å²) in [5, 5.41) is 21.6. The van der Waals surface area contributed by atoms with E-state index in [9.17, 15) is 23.7 Å². The van der Waals surface area contributed by atoms with Crippen molar-refractivity contribution in [1.82, 2.24) is 0 Å². The molecule has 8 heteroatoms. The zero-order valence-corrected chi connectivity index (χ0v) is 10.3. The quantitative estimate of drug-likeness (QED) is 0.517. The first kappa shape index (κ1) is 14.4. The van der Waals surface area contributed by atoms with Gasteiger partial charge in [-0.1, -0.05) is 0 Å². The fourth-order valence-corrected chi connectivity index (χ4v) is 1.60. The lowest BCUT2D eigenvalue weighted by Gasteiger charge is -2.07. The normalized spacial score (nSPS) is 10.2. The lowest BCUT2D eigenvalue weighted by Crippen LogP contribution is -2.14. The van der Waals surface area contributed by atoms with Crippen LogP contribution in [0.5, 0.6) is 5.75 Å². The number of aromatic hydroxyl groups is 1. The number of nitrogens with zero attached hydrogens (tertiary/aromatic N) is 1. The number of non-ortho nitro benzene ring substituents is 1. The van der Waals surface area contributed by atoms with Crippen molar-refractivity contribution >= 4 is 17.3 Å². The number of rotatable bonds is 3. The fraction of sp³-hybridized carbons (Fsp3) is 0. The molecule has 0 aliphatic carbocycles. The van der Waals surface area contributed by atoms with Gasteiger partial charge in [0, 0.05) is 12.1 Å². The number of phenols is 1. The van der Waals surface area contributed by atoms with Gasteiger partial charge in [-0.15, -0.1) is 0 Å². The van der Waals surface area contributed by atoms with Crippen LogP contribution >= 0.6 is 0 Å². The Balaban J connectivity index is 2.26. The van der Waals surface area contributed by atoms with Crippen LogP contribution in [0.4, 0.5) is 20.2 Å². The van der Waals surface area contributed by atoms with Gasteiger partial charge in [-0.05, 0) is 18.2 Å². The van der Waals surface area contributed by atoms with E-state index >= 15 is 0 Å². The molecule has 0 saturated carbocycles. The lowest BCUT2D eigenvalue weighted by atomic mass is 10.1. The minimum absolute atomic E-state index is 0.254. The van der Waals surface area contributed by atoms with Gasteiger partial charge in [0.25, 0.3) is 11.6 Å². The molecule has 1 amide bonds. The molecule has 0 fully saturated rings. The number of halogens is 2. The highest BCUT2D eigenvalue weighted by Gasteiger charge is 2.17. The van der Waals surface area contributed by atoms with Gasteiger partial charge in [0.2, 0.25) is 0 Å². The van der Waals surface area contributed by atoms with Crippen LogP contribution in [-0.4, -0.2) is 15.9 Å². The molecule has 0 radical (unpaired) electrons. The summed E-state index contributed by atoms with van der Waals surface area (Å²) in [6.45, 7) is 0. The molecule has 0 aromatic heterocycles. The minimum Gasteiger partial charge on any atom is -0.508 e. The largest absolute Gasteiger partial charge is 0.508 e. The van der Waals surface area contributed by atoms with Crippen molar-refractivity contribution in [3.05, 3.63) is 63.7 Å². The van der Waals surface area contributed by atoms with Gasteiger partial charge in [0.1, 0.15) is 17.4 Å². The van der Waals surface area contributed by atoms with E-state index in [1.807, 2.05) is 0 Å². The Morgan fingerprint density at radius 2 is 1.86 bits per heavy atom. The van der Waals surface area contributed by atoms with Gasteiger partial charge in [0.15, 0.2) is 0 Å². The van der Waals surface area contributed by atoms with E-state index in [0.717, 1.165) is 30.3 Å². The second kappa shape index (κ2) is 5.53. The van der Waals surface area contributed by atoms with Gasteiger partial charge in [-0.25, -0.2) is 8.78 Å². The predicted molar refractivity (Wildman–Crippen MR) is 69.1 cm³/mol. The maximum atomic E-state index is 13.6. The van der Waals surface area contributed by atoms with Crippen LogP contribution in [0.3, 0.4) is 0 Å². The molecule has 2 rings (SSSR count). The zero-order chi connectivity index (χ0) is 15.6. The molecule has 0 aliphatic rings. The lowest BCUT2D eigenvalue weighted by molar-refractivity contribution is -0.385. The van der Waals surface area contributed by atoms with Crippen molar-refractivity contribution in [3.63, 3.8) is 0 Å². The smallest absolute Gasteiger partial charge is 0.272 e. The molecule has 0 heterocycles. The second-order valence-corrected chi connectivity index (χ2v) is 4.04. The SMILES string of the molecule is O=C(Nc1ccc(O)cc1F)c1ccc([N+](=O)[O-])cc1F. The maximum Gasteiger partial charge on any atom is 0.272 e. The number of phenolic OH excluding ortho intramolecular Hbond substituents is 1. The van der Waals surface area contributed by atoms with E-state index in [-0.39, 0.29) is 11.4 Å². The molecule has 0 unspecified atom stereocenters. The Bertz CT molecular complexity index is 734. The van der Waals surface area contributed by atoms with Gasteiger partial charge in [-0.3, -0.25) is 14.9 Å². The monoisotopic (exact) mass is 294 g/mol. The standard InChI is InChI=1S/C13H8F2N2O4/c14-10-5-7(17(20)21)1-3-9(10)13(19)16-12-4-2-8(18)6-11(12)15/h1-6,18H,(H,16,19). The number of carbonyl (C=O) groups excluding carboxylic acids is 1. The molecule has 2 N–H and O–H groups in total. The van der Waals surface area contributed by atoms with Gasteiger partial charge >= 0.3 is 0 Å². The third-order valence-electron chi connectivity index (χ3n) is 2.61. The molecular weight excluding hydrogens is 286 g/mol. The Hall–Kier alpha value is -3.03. The number of benzene rings is 2. The van der Waals surface area contributed by atoms with E-state index in [0.29, 0.717) is 6.07 Å². The Morgan fingerprint density at radius 3 is 2.43 bits per heavy atom. The Kier molecular flexibility index (Phi) is 3.79. The number of amides is 1. The number of nitrogens with one attached hydrogen (secondary N) is 1. The summed E-state index contributed by atoms with van der Waals surface area (Å²) in [6.07, 6.45) is 0. The third-order valence-corrected chi connectivity index (χ3v) is 2.61. The molecule has 2 aromatic carbocycles. The molecule has 0 bridgehead atoms. The van der Waals surface area contributed by atoms with Crippen molar-refractivity contribution in [3.8, 4) is 5.75 Å². The van der Waals surface area contributed by atoms with Crippen molar-refractivity contribution in [2.75, 3.05) is 5.32 Å². The summed E-state index contributed by atoms with van der Waals surface area (Å²) in [6, 6.07) is 5.52. The van der Waals surface area contributed by atoms with Crippen molar-refractivity contribution in [2.45, 2.75) is 0 Å². The first-order valence-electron chi connectivity index (χ1n) is 5.62. The number of hydrogen-bond acceptors (Lipinski definition) is 4. The summed E-state index contributed by atoms with van der Waals surface area (Å²) in [7, 11) is 0. The summed E-state index contributed by atoms with van der Waals surface area (Å²) in [4.78, 5) is 21.5. The summed E-state index contributed by atoms with van der Waals surface area (Å²) < 4.78 is 27.1. The summed E-state index contributed by atoms with van der Waals surface area (Å²) >= 11 is 0. The maximum absolute atomic E-state index is 13.6. The highest BCUT2D eigenvalue weighted by atomic mass is 19.1. The molecule has 6 nitrogen and oxygen atoms in total. The number of nitro benzene ring substituents is 1. The van der Waals surface area contributed by atoms with Crippen molar-refractivity contribution in [2.24, 2.45) is 0 Å². The number of nitro groups is 1. The highest BCUT2D eigenvalue weighted by molar-refractivity contribution is 6.04. The van der Waals surface area contributed by atoms with Crippen molar-refractivity contribution in [1.29, 1.82) is 0 Å². The van der Waals surface area contributed by atoms with Crippen LogP contribution in [0.1, 0.15) is 10.4 Å². The van der Waals surface area contributed by atoms with Crippen LogP contribution in [0.25, 0.3) is 0 Å². The average Bonchev–Trinajstić information content (AvgIpc) is 2.41. The predicted octanol–water partition coefficient (Wildman–Crippen LogP) is 2.83. The molecule has 0 aliphatic heterocycles. The molecule has 0 atom stereocenters. The van der Waals surface area contributed by atoms with Gasteiger partial charge < -0.3 is 10.4 Å². The minimum atomic E-state index is -1.10. The third kappa shape index (κ3) is 3.11. The van der Waals surface area contributed by atoms with E-state index in [4.69, 9.17) is 5.11 Å². The van der Waals surface area contributed by atoms with Crippen LogP contribution in [0, 0.1) is 21.7 Å². The first-order valence-corrected chi connectivity index (χ1v) is 5.62. The number of carbonyl (C=O) groups is 1. The molecular formula is C13H8F2N2O4.